The molecule has 1 fully saturated rings. The van der Waals surface area contributed by atoms with Crippen LogP contribution in [0.25, 0.3) is 0 Å². The number of hydrogen-bond donors (Lipinski definition) is 1. The van der Waals surface area contributed by atoms with E-state index in [2.05, 4.69) is 9.47 Å². The van der Waals surface area contributed by atoms with Crippen LogP contribution in [0.1, 0.15) is 0 Å². The summed E-state index contributed by atoms with van der Waals surface area (Å²) in [7, 11) is 0. The Morgan fingerprint density at radius 3 is 2.71 bits per heavy atom. The second-order valence-corrected chi connectivity index (χ2v) is 1.17. The predicted octanol–water partition coefficient (Wildman–Crippen LogP) is -1.20. The number of hydrogen-bond acceptors (Lipinski definition) is 4. The van der Waals surface area contributed by atoms with E-state index in [1.807, 2.05) is 0 Å². The van der Waals surface area contributed by atoms with Gasteiger partial charge in [-0.15, -0.1) is 0 Å². The molecular formula is C3H5NO3. The van der Waals surface area contributed by atoms with E-state index in [1.165, 1.54) is 0 Å². The molecule has 7 heavy (non-hydrogen) atoms. The van der Waals surface area contributed by atoms with E-state index in [-0.39, 0.29) is 6.79 Å². The summed E-state index contributed by atoms with van der Waals surface area (Å²) >= 11 is 0. The van der Waals surface area contributed by atoms with Crippen molar-refractivity contribution in [1.82, 2.24) is 0 Å². The lowest BCUT2D eigenvalue weighted by Gasteiger charge is -1.88. The minimum Gasteiger partial charge on any atom is -0.435 e. The highest BCUT2D eigenvalue weighted by Gasteiger charge is 2.21. The first-order valence-corrected chi connectivity index (χ1v) is 1.84. The summed E-state index contributed by atoms with van der Waals surface area (Å²) in [4.78, 5) is 10.1. The van der Waals surface area contributed by atoms with Crippen LogP contribution < -0.4 is 5.73 Å². The van der Waals surface area contributed by atoms with Crippen molar-refractivity contribution in [2.24, 2.45) is 5.73 Å². The molecule has 1 rings (SSSR count). The van der Waals surface area contributed by atoms with Crippen LogP contribution in [0.4, 0.5) is 0 Å². The number of rotatable bonds is 0. The molecule has 0 bridgehead atoms. The van der Waals surface area contributed by atoms with Crippen molar-refractivity contribution in [2.45, 2.75) is 6.23 Å². The second kappa shape index (κ2) is 1.48. The summed E-state index contributed by atoms with van der Waals surface area (Å²) < 4.78 is 8.75. The Morgan fingerprint density at radius 1 is 1.86 bits per heavy atom. The van der Waals surface area contributed by atoms with E-state index < -0.39 is 12.2 Å². The lowest BCUT2D eigenvalue weighted by Crippen LogP contribution is -2.26. The second-order valence-electron chi connectivity index (χ2n) is 1.17. The molecule has 1 saturated heterocycles. The third kappa shape index (κ3) is 0.703. The molecule has 1 atom stereocenters. The van der Waals surface area contributed by atoms with Crippen LogP contribution in [0, 0.1) is 0 Å². The predicted molar refractivity (Wildman–Crippen MR) is 20.0 cm³/mol. The highest BCUT2D eigenvalue weighted by atomic mass is 16.7. The van der Waals surface area contributed by atoms with Crippen LogP contribution in [0.15, 0.2) is 0 Å². The van der Waals surface area contributed by atoms with Gasteiger partial charge < -0.3 is 9.47 Å². The number of ether oxygens (including phenoxy) is 2. The van der Waals surface area contributed by atoms with Gasteiger partial charge in [0.05, 0.1) is 0 Å². The van der Waals surface area contributed by atoms with Crippen molar-refractivity contribution in [3.8, 4) is 0 Å². The van der Waals surface area contributed by atoms with Crippen LogP contribution in [0.3, 0.4) is 0 Å². The molecule has 0 aliphatic carbocycles. The van der Waals surface area contributed by atoms with Gasteiger partial charge in [-0.25, -0.2) is 4.79 Å². The van der Waals surface area contributed by atoms with Gasteiger partial charge in [0.1, 0.15) is 0 Å². The molecule has 0 amide bonds. The average Bonchev–Trinajstić information content (AvgIpc) is 1.91. The molecule has 4 nitrogen and oxygen atoms in total. The molecule has 1 aliphatic heterocycles. The zero-order chi connectivity index (χ0) is 5.28. The van der Waals surface area contributed by atoms with Crippen molar-refractivity contribution in [1.29, 1.82) is 0 Å². The summed E-state index contributed by atoms with van der Waals surface area (Å²) in [5.74, 6) is -0.486. The quantitative estimate of drug-likeness (QED) is 0.391. The number of esters is 1. The van der Waals surface area contributed by atoms with E-state index in [1.54, 1.807) is 0 Å². The molecule has 0 spiro atoms. The van der Waals surface area contributed by atoms with Crippen LogP contribution in [-0.2, 0) is 14.3 Å². The monoisotopic (exact) mass is 103 g/mol. The lowest BCUT2D eigenvalue weighted by atomic mass is 10.6. The number of carbonyl (C=O) groups excluding carboxylic acids is 1. The van der Waals surface area contributed by atoms with Gasteiger partial charge in [-0.3, -0.25) is 5.73 Å². The zero-order valence-corrected chi connectivity index (χ0v) is 3.59. The van der Waals surface area contributed by atoms with Gasteiger partial charge in [0.15, 0.2) is 6.79 Å². The Hall–Kier alpha value is -0.610. The molecule has 1 heterocycles. The van der Waals surface area contributed by atoms with Gasteiger partial charge in [0.2, 0.25) is 6.23 Å². The van der Waals surface area contributed by atoms with Crippen LogP contribution >= 0.6 is 0 Å². The summed E-state index contributed by atoms with van der Waals surface area (Å²) in [6.07, 6.45) is -0.847. The highest BCUT2D eigenvalue weighted by Crippen LogP contribution is 1.96. The number of carbonyl (C=O) groups is 1. The Kier molecular flexibility index (Phi) is 0.958. The SMILES string of the molecule is NC1OCOC1=O. The normalized spacial score (nSPS) is 30.4. The third-order valence-corrected chi connectivity index (χ3v) is 0.681. The summed E-state index contributed by atoms with van der Waals surface area (Å²) in [5.41, 5.74) is 4.98. The average molecular weight is 103 g/mol. The molecule has 0 aromatic heterocycles. The fourth-order valence-electron chi connectivity index (χ4n) is 0.316. The Bertz CT molecular complexity index is 92.2. The minimum atomic E-state index is -0.847. The van der Waals surface area contributed by atoms with E-state index in [4.69, 9.17) is 5.73 Å². The van der Waals surface area contributed by atoms with E-state index >= 15 is 0 Å². The van der Waals surface area contributed by atoms with Crippen molar-refractivity contribution < 1.29 is 14.3 Å². The van der Waals surface area contributed by atoms with Crippen molar-refractivity contribution >= 4 is 5.97 Å². The lowest BCUT2D eigenvalue weighted by molar-refractivity contribution is -0.139. The minimum absolute atomic E-state index is 0. The topological polar surface area (TPSA) is 61.6 Å². The summed E-state index contributed by atoms with van der Waals surface area (Å²) in [5, 5.41) is 0. The first-order valence-electron chi connectivity index (χ1n) is 1.84. The molecular weight excluding hydrogens is 98.0 g/mol. The Morgan fingerprint density at radius 2 is 2.57 bits per heavy atom. The smallest absolute Gasteiger partial charge is 0.352 e. The zero-order valence-electron chi connectivity index (χ0n) is 3.59. The summed E-state index contributed by atoms with van der Waals surface area (Å²) in [6, 6.07) is 0. The molecule has 0 saturated carbocycles. The fraction of sp³-hybridized carbons (Fsp3) is 0.667. The molecule has 1 unspecified atom stereocenters. The highest BCUT2D eigenvalue weighted by molar-refractivity contribution is 5.74. The van der Waals surface area contributed by atoms with Crippen LogP contribution in [-0.4, -0.2) is 19.0 Å². The Labute approximate surface area is 40.2 Å². The van der Waals surface area contributed by atoms with Gasteiger partial charge in [-0.1, -0.05) is 0 Å². The van der Waals surface area contributed by atoms with E-state index in [0.717, 1.165) is 0 Å². The first-order chi connectivity index (χ1) is 3.30. The van der Waals surface area contributed by atoms with Gasteiger partial charge in [-0.2, -0.15) is 0 Å². The van der Waals surface area contributed by atoms with Crippen molar-refractivity contribution in [3.63, 3.8) is 0 Å². The maximum atomic E-state index is 10.1. The van der Waals surface area contributed by atoms with Gasteiger partial charge in [0.25, 0.3) is 0 Å². The van der Waals surface area contributed by atoms with Crippen molar-refractivity contribution in [3.05, 3.63) is 0 Å². The van der Waals surface area contributed by atoms with Gasteiger partial charge >= 0.3 is 5.97 Å². The molecule has 2 N–H and O–H groups in total. The maximum absolute atomic E-state index is 10.1. The van der Waals surface area contributed by atoms with Crippen molar-refractivity contribution in [2.75, 3.05) is 6.79 Å². The van der Waals surface area contributed by atoms with Gasteiger partial charge in [-0.05, 0) is 0 Å². The Balaban J connectivity index is 2.48. The van der Waals surface area contributed by atoms with E-state index in [0.29, 0.717) is 0 Å². The number of cyclic esters (lactones) is 1. The summed E-state index contributed by atoms with van der Waals surface area (Å²) in [6.45, 7) is 0. The molecule has 40 valence electrons. The molecule has 0 aromatic rings. The molecule has 0 radical (unpaired) electrons. The first kappa shape index (κ1) is 4.55. The number of nitrogens with two attached hydrogens (primary N) is 1. The van der Waals surface area contributed by atoms with Crippen LogP contribution in [0.2, 0.25) is 0 Å². The molecule has 0 aromatic carbocycles. The standard InChI is InChI=1S/C3H5NO3/c4-2-3(5)7-1-6-2/h2H,1,4H2. The largest absolute Gasteiger partial charge is 0.435 e. The maximum Gasteiger partial charge on any atom is 0.352 e. The molecule has 4 heteroatoms. The van der Waals surface area contributed by atoms with Gasteiger partial charge in [0, 0.05) is 0 Å². The molecule has 1 aliphatic rings. The fourth-order valence-corrected chi connectivity index (χ4v) is 0.316. The van der Waals surface area contributed by atoms with E-state index in [9.17, 15) is 4.79 Å². The van der Waals surface area contributed by atoms with Crippen LogP contribution in [0.5, 0.6) is 0 Å². The third-order valence-electron chi connectivity index (χ3n) is 0.681.